The van der Waals surface area contributed by atoms with Gasteiger partial charge in [-0.2, -0.15) is 0 Å². The fraction of sp³-hybridized carbons (Fsp3) is 0.727. The highest BCUT2D eigenvalue weighted by Crippen LogP contribution is 2.24. The predicted octanol–water partition coefficient (Wildman–Crippen LogP) is 1.63. The average molecular weight is 225 g/mol. The van der Waals surface area contributed by atoms with E-state index in [1.807, 2.05) is 11.3 Å². The van der Waals surface area contributed by atoms with E-state index in [2.05, 4.69) is 29.2 Å². The number of hydrogen-bond acceptors (Lipinski definition) is 4. The number of likely N-dealkylation sites (N-methyl/N-ethyl adjacent to an activating group) is 1. The van der Waals surface area contributed by atoms with Crippen molar-refractivity contribution in [1.29, 1.82) is 0 Å². The molecule has 1 aromatic heterocycles. The average Bonchev–Trinajstić information content (AvgIpc) is 2.60. The number of hydrogen-bond donors (Lipinski definition) is 1. The van der Waals surface area contributed by atoms with E-state index in [0.29, 0.717) is 0 Å². The molecule has 0 aromatic carbocycles. The van der Waals surface area contributed by atoms with E-state index in [-0.39, 0.29) is 0 Å². The predicted molar refractivity (Wildman–Crippen MR) is 64.1 cm³/mol. The molecule has 0 saturated heterocycles. The van der Waals surface area contributed by atoms with Crippen molar-refractivity contribution in [2.75, 3.05) is 20.1 Å². The molecule has 4 heteroatoms. The van der Waals surface area contributed by atoms with Crippen LogP contribution in [0.3, 0.4) is 0 Å². The van der Waals surface area contributed by atoms with Gasteiger partial charge in [-0.1, -0.05) is 6.92 Å². The molecule has 0 bridgehead atoms. The number of aromatic nitrogens is 1. The summed E-state index contributed by atoms with van der Waals surface area (Å²) in [6.45, 7) is 6.45. The molecule has 3 nitrogen and oxygen atoms in total. The van der Waals surface area contributed by atoms with Crippen LogP contribution in [0, 0.1) is 0 Å². The molecule has 1 aliphatic rings. The summed E-state index contributed by atoms with van der Waals surface area (Å²) in [5.41, 5.74) is 1.34. The summed E-state index contributed by atoms with van der Waals surface area (Å²) in [5, 5.41) is 4.66. The van der Waals surface area contributed by atoms with E-state index in [4.69, 9.17) is 0 Å². The van der Waals surface area contributed by atoms with Crippen molar-refractivity contribution in [2.24, 2.45) is 0 Å². The minimum absolute atomic E-state index is 0.940. The Kier molecular flexibility index (Phi) is 3.72. The molecule has 2 rings (SSSR count). The Hall–Kier alpha value is -0.450. The van der Waals surface area contributed by atoms with Crippen LogP contribution in [0.4, 0.5) is 0 Å². The lowest BCUT2D eigenvalue weighted by molar-refractivity contribution is 0.314. The molecule has 2 heterocycles. The minimum atomic E-state index is 0.940. The summed E-state index contributed by atoms with van der Waals surface area (Å²) >= 11 is 1.87. The van der Waals surface area contributed by atoms with Crippen molar-refractivity contribution in [2.45, 2.75) is 32.9 Å². The van der Waals surface area contributed by atoms with Gasteiger partial charge in [-0.05, 0) is 20.0 Å². The normalized spacial score (nSPS) is 16.7. The van der Waals surface area contributed by atoms with E-state index in [1.165, 1.54) is 22.0 Å². The number of nitrogens with zero attached hydrogens (tertiary/aromatic N) is 2. The van der Waals surface area contributed by atoms with E-state index < -0.39 is 0 Å². The van der Waals surface area contributed by atoms with Gasteiger partial charge in [0.1, 0.15) is 5.01 Å². The zero-order valence-corrected chi connectivity index (χ0v) is 10.4. The molecule has 0 saturated carbocycles. The maximum Gasteiger partial charge on any atom is 0.107 e. The molecule has 1 aromatic rings. The van der Waals surface area contributed by atoms with Crippen molar-refractivity contribution >= 4 is 11.3 Å². The molecule has 1 N–H and O–H groups in total. The quantitative estimate of drug-likeness (QED) is 0.790. The van der Waals surface area contributed by atoms with Crippen molar-refractivity contribution in [3.8, 4) is 0 Å². The Morgan fingerprint density at radius 2 is 2.40 bits per heavy atom. The minimum Gasteiger partial charge on any atom is -0.310 e. The molecule has 0 unspecified atom stereocenters. The fourth-order valence-corrected chi connectivity index (χ4v) is 2.99. The van der Waals surface area contributed by atoms with Gasteiger partial charge in [0.2, 0.25) is 0 Å². The second kappa shape index (κ2) is 5.05. The fourth-order valence-electron chi connectivity index (χ4n) is 1.82. The number of rotatable bonds is 4. The summed E-state index contributed by atoms with van der Waals surface area (Å²) in [6, 6.07) is 0. The van der Waals surface area contributed by atoms with Crippen molar-refractivity contribution in [1.82, 2.24) is 15.2 Å². The first kappa shape index (κ1) is 11.0. The van der Waals surface area contributed by atoms with Crippen LogP contribution >= 0.6 is 11.3 Å². The second-order valence-corrected chi connectivity index (χ2v) is 5.31. The van der Waals surface area contributed by atoms with Crippen LogP contribution in [0.1, 0.15) is 28.9 Å². The summed E-state index contributed by atoms with van der Waals surface area (Å²) < 4.78 is 0. The van der Waals surface area contributed by atoms with Crippen LogP contribution in [0.15, 0.2) is 0 Å². The number of fused-ring (bicyclic) bond motifs is 1. The maximum absolute atomic E-state index is 4.69. The molecular formula is C11H19N3S. The van der Waals surface area contributed by atoms with Gasteiger partial charge in [0.25, 0.3) is 0 Å². The molecule has 1 aliphatic heterocycles. The largest absolute Gasteiger partial charge is 0.310 e. The first-order valence-electron chi connectivity index (χ1n) is 5.66. The van der Waals surface area contributed by atoms with Crippen molar-refractivity contribution in [3.05, 3.63) is 15.6 Å². The standard InChI is InChI=1S/C11H19N3S/c1-3-5-12-7-11-13-9-4-6-14(2)8-10(9)15-11/h12H,3-8H2,1-2H3. The lowest BCUT2D eigenvalue weighted by Crippen LogP contribution is -2.25. The highest BCUT2D eigenvalue weighted by atomic mass is 32.1. The Bertz CT molecular complexity index is 322. The Labute approximate surface area is 95.5 Å². The van der Waals surface area contributed by atoms with Gasteiger partial charge in [0, 0.05) is 30.9 Å². The van der Waals surface area contributed by atoms with Crippen LogP contribution in [-0.4, -0.2) is 30.0 Å². The highest BCUT2D eigenvalue weighted by Gasteiger charge is 2.17. The Balaban J connectivity index is 1.96. The monoisotopic (exact) mass is 225 g/mol. The molecule has 0 spiro atoms. The van der Waals surface area contributed by atoms with E-state index in [0.717, 1.165) is 32.6 Å². The zero-order chi connectivity index (χ0) is 10.7. The third-order valence-corrected chi connectivity index (χ3v) is 3.75. The van der Waals surface area contributed by atoms with Crippen LogP contribution in [-0.2, 0) is 19.5 Å². The third kappa shape index (κ3) is 2.77. The molecular weight excluding hydrogens is 206 g/mol. The van der Waals surface area contributed by atoms with Gasteiger partial charge in [-0.3, -0.25) is 0 Å². The van der Waals surface area contributed by atoms with Crippen LogP contribution in [0.2, 0.25) is 0 Å². The first-order valence-corrected chi connectivity index (χ1v) is 6.48. The maximum atomic E-state index is 4.69. The molecule has 0 fully saturated rings. The molecule has 84 valence electrons. The van der Waals surface area contributed by atoms with Gasteiger partial charge >= 0.3 is 0 Å². The van der Waals surface area contributed by atoms with Gasteiger partial charge in [-0.15, -0.1) is 11.3 Å². The lowest BCUT2D eigenvalue weighted by atomic mass is 10.2. The van der Waals surface area contributed by atoms with E-state index >= 15 is 0 Å². The first-order chi connectivity index (χ1) is 7.29. The smallest absolute Gasteiger partial charge is 0.107 e. The van der Waals surface area contributed by atoms with Gasteiger partial charge in [0.15, 0.2) is 0 Å². The molecule has 0 atom stereocenters. The lowest BCUT2D eigenvalue weighted by Gasteiger charge is -2.20. The van der Waals surface area contributed by atoms with Gasteiger partial charge < -0.3 is 10.2 Å². The molecule has 0 radical (unpaired) electrons. The Morgan fingerprint density at radius 1 is 1.53 bits per heavy atom. The van der Waals surface area contributed by atoms with Crippen LogP contribution in [0.5, 0.6) is 0 Å². The van der Waals surface area contributed by atoms with Crippen molar-refractivity contribution in [3.63, 3.8) is 0 Å². The summed E-state index contributed by atoms with van der Waals surface area (Å²) in [5.74, 6) is 0. The van der Waals surface area contributed by atoms with E-state index in [9.17, 15) is 0 Å². The Morgan fingerprint density at radius 3 is 3.20 bits per heavy atom. The highest BCUT2D eigenvalue weighted by molar-refractivity contribution is 7.11. The third-order valence-electron chi connectivity index (χ3n) is 2.67. The summed E-state index contributed by atoms with van der Waals surface area (Å²) in [7, 11) is 2.18. The zero-order valence-electron chi connectivity index (χ0n) is 9.55. The van der Waals surface area contributed by atoms with Crippen molar-refractivity contribution < 1.29 is 0 Å². The van der Waals surface area contributed by atoms with E-state index in [1.54, 1.807) is 0 Å². The number of nitrogens with one attached hydrogen (secondary N) is 1. The van der Waals surface area contributed by atoms with Crippen LogP contribution in [0.25, 0.3) is 0 Å². The number of thiazole rings is 1. The second-order valence-electron chi connectivity index (χ2n) is 4.14. The molecule has 15 heavy (non-hydrogen) atoms. The summed E-state index contributed by atoms with van der Waals surface area (Å²) in [6.07, 6.45) is 2.31. The topological polar surface area (TPSA) is 28.2 Å². The van der Waals surface area contributed by atoms with Gasteiger partial charge in [-0.25, -0.2) is 4.98 Å². The van der Waals surface area contributed by atoms with Gasteiger partial charge in [0.05, 0.1) is 5.69 Å². The summed E-state index contributed by atoms with van der Waals surface area (Å²) in [4.78, 5) is 8.52. The van der Waals surface area contributed by atoms with Crippen LogP contribution < -0.4 is 5.32 Å². The molecule has 0 amide bonds. The SMILES string of the molecule is CCCNCc1nc2c(s1)CN(C)CC2. The molecule has 0 aliphatic carbocycles.